The van der Waals surface area contributed by atoms with Crippen LogP contribution >= 0.6 is 0 Å². The third kappa shape index (κ3) is 3.32. The van der Waals surface area contributed by atoms with Crippen molar-refractivity contribution in [1.82, 2.24) is 10.1 Å². The largest absolute Gasteiger partial charge is 0.334 e. The van der Waals surface area contributed by atoms with Gasteiger partial charge in [0.2, 0.25) is 15.8 Å². The average molecular weight is 315 g/mol. The lowest BCUT2D eigenvalue weighted by Crippen LogP contribution is -2.09. The zero-order valence-corrected chi connectivity index (χ0v) is 12.5. The van der Waals surface area contributed by atoms with Gasteiger partial charge in [0.05, 0.1) is 6.26 Å². The first-order valence-corrected chi connectivity index (χ1v) is 8.38. The van der Waals surface area contributed by atoms with E-state index in [-0.39, 0.29) is 0 Å². The molecule has 0 bridgehead atoms. The Balaban J connectivity index is 1.92. The van der Waals surface area contributed by atoms with Gasteiger partial charge in [-0.1, -0.05) is 41.6 Å². The van der Waals surface area contributed by atoms with Crippen LogP contribution in [0.15, 0.2) is 59.1 Å². The van der Waals surface area contributed by atoms with E-state index in [0.717, 1.165) is 11.8 Å². The van der Waals surface area contributed by atoms with Crippen LogP contribution in [0.5, 0.6) is 0 Å². The Bertz CT molecular complexity index is 889. The summed E-state index contributed by atoms with van der Waals surface area (Å²) in [5.41, 5.74) is 1.94. The first-order chi connectivity index (χ1) is 10.5. The molecule has 112 valence electrons. The smallest absolute Gasteiger partial charge is 0.258 e. The van der Waals surface area contributed by atoms with Gasteiger partial charge in [0.15, 0.2) is 0 Å². The van der Waals surface area contributed by atoms with Gasteiger partial charge in [-0.05, 0) is 18.2 Å². The molecule has 2 aromatic carbocycles. The van der Waals surface area contributed by atoms with Crippen LogP contribution in [-0.4, -0.2) is 24.8 Å². The Morgan fingerprint density at radius 2 is 1.73 bits per heavy atom. The molecule has 0 radical (unpaired) electrons. The van der Waals surface area contributed by atoms with Gasteiger partial charge in [-0.25, -0.2) is 8.42 Å². The minimum Gasteiger partial charge on any atom is -0.334 e. The van der Waals surface area contributed by atoms with E-state index in [4.69, 9.17) is 4.52 Å². The summed E-state index contributed by atoms with van der Waals surface area (Å²) in [4.78, 5) is 4.33. The Kier molecular flexibility index (Phi) is 3.64. The molecule has 0 atom stereocenters. The number of rotatable bonds is 4. The van der Waals surface area contributed by atoms with Gasteiger partial charge >= 0.3 is 0 Å². The number of nitrogens with one attached hydrogen (secondary N) is 1. The van der Waals surface area contributed by atoms with Crippen molar-refractivity contribution >= 4 is 15.7 Å². The van der Waals surface area contributed by atoms with Gasteiger partial charge in [-0.3, -0.25) is 4.72 Å². The molecule has 7 heteroatoms. The van der Waals surface area contributed by atoms with E-state index in [9.17, 15) is 8.42 Å². The van der Waals surface area contributed by atoms with Gasteiger partial charge in [0, 0.05) is 16.8 Å². The number of anilines is 1. The Morgan fingerprint density at radius 1 is 1.00 bits per heavy atom. The average Bonchev–Trinajstić information content (AvgIpc) is 2.96. The molecule has 22 heavy (non-hydrogen) atoms. The number of sulfonamides is 1. The number of benzene rings is 2. The summed E-state index contributed by atoms with van der Waals surface area (Å²) in [6.07, 6.45) is 1.10. The molecule has 0 aliphatic carbocycles. The first-order valence-electron chi connectivity index (χ1n) is 6.49. The summed E-state index contributed by atoms with van der Waals surface area (Å²) in [6.45, 7) is 0. The lowest BCUT2D eigenvalue weighted by molar-refractivity contribution is 0.432. The zero-order valence-electron chi connectivity index (χ0n) is 11.7. The molecule has 6 nitrogen and oxygen atoms in total. The third-order valence-corrected chi connectivity index (χ3v) is 3.48. The maximum absolute atomic E-state index is 11.3. The molecule has 3 rings (SSSR count). The number of nitrogens with zero attached hydrogens (tertiary/aromatic N) is 2. The topological polar surface area (TPSA) is 85.1 Å². The van der Waals surface area contributed by atoms with E-state index in [0.29, 0.717) is 23.0 Å². The van der Waals surface area contributed by atoms with Crippen LogP contribution in [0.1, 0.15) is 0 Å². The van der Waals surface area contributed by atoms with E-state index in [1.807, 2.05) is 30.3 Å². The highest BCUT2D eigenvalue weighted by Crippen LogP contribution is 2.24. The normalized spacial score (nSPS) is 11.3. The second kappa shape index (κ2) is 5.61. The lowest BCUT2D eigenvalue weighted by Gasteiger charge is -2.04. The minimum absolute atomic E-state index is 0.330. The summed E-state index contributed by atoms with van der Waals surface area (Å²) < 4.78 is 30.2. The second-order valence-corrected chi connectivity index (χ2v) is 6.49. The number of aromatic nitrogens is 2. The maximum atomic E-state index is 11.3. The predicted octanol–water partition coefficient (Wildman–Crippen LogP) is 2.78. The molecule has 0 unspecified atom stereocenters. The highest BCUT2D eigenvalue weighted by molar-refractivity contribution is 7.92. The van der Waals surface area contributed by atoms with Crippen molar-refractivity contribution < 1.29 is 12.9 Å². The maximum Gasteiger partial charge on any atom is 0.258 e. The Labute approximate surface area is 127 Å². The lowest BCUT2D eigenvalue weighted by atomic mass is 10.2. The molecule has 0 saturated heterocycles. The summed E-state index contributed by atoms with van der Waals surface area (Å²) in [5.74, 6) is 0.813. The van der Waals surface area contributed by atoms with E-state index >= 15 is 0 Å². The number of hydrogen-bond acceptors (Lipinski definition) is 5. The molecule has 0 aliphatic rings. The van der Waals surface area contributed by atoms with Gasteiger partial charge in [-0.2, -0.15) is 4.98 Å². The molecule has 0 amide bonds. The molecular formula is C15H13N3O3S. The third-order valence-electron chi connectivity index (χ3n) is 2.87. The van der Waals surface area contributed by atoms with Crippen LogP contribution in [-0.2, 0) is 10.0 Å². The molecule has 0 fully saturated rings. The Morgan fingerprint density at radius 3 is 2.45 bits per heavy atom. The van der Waals surface area contributed by atoms with Gasteiger partial charge in [-0.15, -0.1) is 0 Å². The number of hydrogen-bond donors (Lipinski definition) is 1. The Hall–Kier alpha value is -2.67. The van der Waals surface area contributed by atoms with Crippen LogP contribution in [0.2, 0.25) is 0 Å². The summed E-state index contributed by atoms with van der Waals surface area (Å²) in [5, 5.41) is 3.94. The molecule has 3 aromatic rings. The van der Waals surface area contributed by atoms with Crippen LogP contribution in [0.3, 0.4) is 0 Å². The van der Waals surface area contributed by atoms with Crippen molar-refractivity contribution in [3.8, 4) is 22.8 Å². The molecule has 0 aliphatic heterocycles. The van der Waals surface area contributed by atoms with Crippen molar-refractivity contribution in [3.63, 3.8) is 0 Å². The molecular weight excluding hydrogens is 302 g/mol. The van der Waals surface area contributed by atoms with Crippen LogP contribution < -0.4 is 4.72 Å². The summed E-state index contributed by atoms with van der Waals surface area (Å²) in [6, 6.07) is 16.2. The van der Waals surface area contributed by atoms with E-state index < -0.39 is 10.0 Å². The van der Waals surface area contributed by atoms with Crippen molar-refractivity contribution in [2.24, 2.45) is 0 Å². The first kappa shape index (κ1) is 14.3. The fraction of sp³-hybridized carbons (Fsp3) is 0.0667. The van der Waals surface area contributed by atoms with E-state index in [1.54, 1.807) is 24.3 Å². The standard InChI is InChI=1S/C15H13N3O3S/c1-22(19,20)18-13-9-5-8-12(10-13)15-16-14(17-21-15)11-6-3-2-4-7-11/h2-10,18H,1H3. The highest BCUT2D eigenvalue weighted by Gasteiger charge is 2.11. The van der Waals surface area contributed by atoms with E-state index in [1.165, 1.54) is 0 Å². The fourth-order valence-corrected chi connectivity index (χ4v) is 2.53. The van der Waals surface area contributed by atoms with Gasteiger partial charge in [0.25, 0.3) is 5.89 Å². The zero-order chi connectivity index (χ0) is 15.6. The van der Waals surface area contributed by atoms with Gasteiger partial charge in [0.1, 0.15) is 0 Å². The van der Waals surface area contributed by atoms with Crippen molar-refractivity contribution in [3.05, 3.63) is 54.6 Å². The monoisotopic (exact) mass is 315 g/mol. The summed E-state index contributed by atoms with van der Waals surface area (Å²) >= 11 is 0. The quantitative estimate of drug-likeness (QED) is 0.800. The van der Waals surface area contributed by atoms with Crippen molar-refractivity contribution in [2.45, 2.75) is 0 Å². The summed E-state index contributed by atoms with van der Waals surface area (Å²) in [7, 11) is -3.33. The van der Waals surface area contributed by atoms with Gasteiger partial charge < -0.3 is 4.52 Å². The van der Waals surface area contributed by atoms with Crippen molar-refractivity contribution in [1.29, 1.82) is 0 Å². The highest BCUT2D eigenvalue weighted by atomic mass is 32.2. The SMILES string of the molecule is CS(=O)(=O)Nc1cccc(-c2nc(-c3ccccc3)no2)c1. The van der Waals surface area contributed by atoms with Crippen LogP contribution in [0, 0.1) is 0 Å². The fourth-order valence-electron chi connectivity index (χ4n) is 1.98. The van der Waals surface area contributed by atoms with E-state index in [2.05, 4.69) is 14.9 Å². The predicted molar refractivity (Wildman–Crippen MR) is 83.6 cm³/mol. The van der Waals surface area contributed by atoms with Crippen LogP contribution in [0.25, 0.3) is 22.8 Å². The molecule has 0 spiro atoms. The molecule has 0 saturated carbocycles. The second-order valence-electron chi connectivity index (χ2n) is 4.74. The van der Waals surface area contributed by atoms with Crippen LogP contribution in [0.4, 0.5) is 5.69 Å². The molecule has 1 heterocycles. The van der Waals surface area contributed by atoms with Crippen molar-refractivity contribution in [2.75, 3.05) is 11.0 Å². The molecule has 1 N–H and O–H groups in total. The molecule has 1 aromatic heterocycles. The minimum atomic E-state index is -3.33.